The molecule has 0 saturated carbocycles. The van der Waals surface area contributed by atoms with Crippen LogP contribution >= 0.6 is 0 Å². The first-order valence-electron chi connectivity index (χ1n) is 5.03. The van der Waals surface area contributed by atoms with Crippen molar-refractivity contribution in [2.45, 2.75) is 25.8 Å². The maximum absolute atomic E-state index is 10.9. The van der Waals surface area contributed by atoms with Gasteiger partial charge in [-0.3, -0.25) is 20.2 Å². The van der Waals surface area contributed by atoms with Crippen molar-refractivity contribution in [3.63, 3.8) is 0 Å². The fourth-order valence-electron chi connectivity index (χ4n) is 1.47. The van der Waals surface area contributed by atoms with E-state index in [1.807, 2.05) is 0 Å². The number of nitrogens with zero attached hydrogens (tertiary/aromatic N) is 2. The van der Waals surface area contributed by atoms with Gasteiger partial charge in [0, 0.05) is 23.6 Å². The second kappa shape index (κ2) is 4.88. The Morgan fingerprint density at radius 1 is 1.18 bits per heavy atom. The number of hydrogen-bond acceptors (Lipinski definition) is 5. The molecule has 92 valence electrons. The zero-order chi connectivity index (χ0) is 13.2. The van der Waals surface area contributed by atoms with E-state index in [1.54, 1.807) is 13.8 Å². The lowest BCUT2D eigenvalue weighted by Crippen LogP contribution is -2.23. The average molecular weight is 239 g/mol. The minimum Gasteiger partial charge on any atom is -0.327 e. The predicted molar refractivity (Wildman–Crippen MR) is 61.8 cm³/mol. The Hall–Kier alpha value is -2.02. The molecule has 0 spiro atoms. The number of rotatable bonds is 4. The monoisotopic (exact) mass is 239 g/mol. The highest BCUT2D eigenvalue weighted by atomic mass is 16.6. The molecule has 0 amide bonds. The minimum atomic E-state index is -0.659. The molecule has 0 fully saturated rings. The summed E-state index contributed by atoms with van der Waals surface area (Å²) in [6, 6.07) is 3.34. The van der Waals surface area contributed by atoms with Crippen molar-refractivity contribution < 1.29 is 9.85 Å². The zero-order valence-electron chi connectivity index (χ0n) is 9.49. The normalized spacial score (nSPS) is 14.1. The molecule has 1 rings (SSSR count). The Labute approximate surface area is 97.5 Å². The van der Waals surface area contributed by atoms with Crippen LogP contribution in [0.2, 0.25) is 0 Å². The molecule has 2 N–H and O–H groups in total. The Kier molecular flexibility index (Phi) is 3.74. The lowest BCUT2D eigenvalue weighted by atomic mass is 9.93. The maximum Gasteiger partial charge on any atom is 0.279 e. The lowest BCUT2D eigenvalue weighted by Gasteiger charge is -2.15. The van der Waals surface area contributed by atoms with Gasteiger partial charge in [-0.25, -0.2) is 0 Å². The molecular formula is C10H13N3O4. The van der Waals surface area contributed by atoms with Gasteiger partial charge >= 0.3 is 0 Å². The van der Waals surface area contributed by atoms with E-state index in [4.69, 9.17) is 5.73 Å². The van der Waals surface area contributed by atoms with Crippen molar-refractivity contribution in [1.82, 2.24) is 0 Å². The van der Waals surface area contributed by atoms with Crippen LogP contribution in [0, 0.1) is 20.2 Å². The number of nitro groups is 2. The Morgan fingerprint density at radius 3 is 2.18 bits per heavy atom. The maximum atomic E-state index is 10.9. The molecule has 0 aliphatic carbocycles. The molecule has 0 aromatic heterocycles. The molecule has 1 aromatic rings. The van der Waals surface area contributed by atoms with Gasteiger partial charge in [-0.15, -0.1) is 0 Å². The van der Waals surface area contributed by atoms with Gasteiger partial charge in [0.2, 0.25) is 0 Å². The lowest BCUT2D eigenvalue weighted by molar-refractivity contribution is -0.394. The molecule has 1 aromatic carbocycles. The number of nitrogens with two attached hydrogens (primary N) is 1. The van der Waals surface area contributed by atoms with Gasteiger partial charge in [0.15, 0.2) is 0 Å². The van der Waals surface area contributed by atoms with Gasteiger partial charge in [-0.2, -0.15) is 0 Å². The van der Waals surface area contributed by atoms with Gasteiger partial charge in [0.05, 0.1) is 15.9 Å². The first-order chi connectivity index (χ1) is 7.84. The van der Waals surface area contributed by atoms with Crippen LogP contribution in [0.3, 0.4) is 0 Å². The van der Waals surface area contributed by atoms with Crippen LogP contribution in [0.25, 0.3) is 0 Å². The van der Waals surface area contributed by atoms with Crippen molar-refractivity contribution in [3.05, 3.63) is 44.0 Å². The number of non-ortho nitro benzene ring substituents is 1. The zero-order valence-corrected chi connectivity index (χ0v) is 9.49. The van der Waals surface area contributed by atoms with E-state index in [1.165, 1.54) is 12.1 Å². The fourth-order valence-corrected chi connectivity index (χ4v) is 1.47. The molecule has 0 bridgehead atoms. The SMILES string of the molecule is CC(N)C(C)c1ccc([N+](=O)[O-])cc1[N+](=O)[O-]. The van der Waals surface area contributed by atoms with E-state index in [0.29, 0.717) is 5.56 Å². The van der Waals surface area contributed by atoms with Crippen LogP contribution in [0.1, 0.15) is 25.3 Å². The van der Waals surface area contributed by atoms with Crippen molar-refractivity contribution >= 4 is 11.4 Å². The summed E-state index contributed by atoms with van der Waals surface area (Å²) < 4.78 is 0. The molecule has 0 saturated heterocycles. The summed E-state index contributed by atoms with van der Waals surface area (Å²) in [5.74, 6) is -0.240. The first kappa shape index (κ1) is 13.0. The van der Waals surface area contributed by atoms with E-state index < -0.39 is 9.85 Å². The van der Waals surface area contributed by atoms with Gasteiger partial charge in [0.25, 0.3) is 11.4 Å². The summed E-state index contributed by atoms with van der Waals surface area (Å²) in [5, 5.41) is 21.4. The second-order valence-corrected chi connectivity index (χ2v) is 3.91. The molecule has 7 nitrogen and oxygen atoms in total. The molecular weight excluding hydrogens is 226 g/mol. The predicted octanol–water partition coefficient (Wildman–Crippen LogP) is 1.95. The Morgan fingerprint density at radius 2 is 1.76 bits per heavy atom. The van der Waals surface area contributed by atoms with Crippen LogP contribution in [0.15, 0.2) is 18.2 Å². The molecule has 7 heteroatoms. The third-order valence-electron chi connectivity index (χ3n) is 2.70. The molecule has 0 aliphatic heterocycles. The molecule has 17 heavy (non-hydrogen) atoms. The summed E-state index contributed by atoms with van der Waals surface area (Å²) in [7, 11) is 0. The van der Waals surface area contributed by atoms with Crippen LogP contribution in [0.5, 0.6) is 0 Å². The Balaban J connectivity index is 3.32. The highest BCUT2D eigenvalue weighted by molar-refractivity contribution is 5.50. The average Bonchev–Trinajstić information content (AvgIpc) is 2.26. The summed E-state index contributed by atoms with van der Waals surface area (Å²) >= 11 is 0. The fraction of sp³-hybridized carbons (Fsp3) is 0.400. The highest BCUT2D eigenvalue weighted by Crippen LogP contribution is 2.31. The quantitative estimate of drug-likeness (QED) is 0.637. The summed E-state index contributed by atoms with van der Waals surface area (Å²) in [6.07, 6.45) is 0. The molecule has 0 heterocycles. The van der Waals surface area contributed by atoms with Crippen LogP contribution in [-0.2, 0) is 0 Å². The first-order valence-corrected chi connectivity index (χ1v) is 5.03. The number of hydrogen-bond donors (Lipinski definition) is 1. The summed E-state index contributed by atoms with van der Waals surface area (Å²) in [5.41, 5.74) is 5.54. The van der Waals surface area contributed by atoms with Crippen molar-refractivity contribution in [3.8, 4) is 0 Å². The van der Waals surface area contributed by atoms with Crippen LogP contribution < -0.4 is 5.73 Å². The summed E-state index contributed by atoms with van der Waals surface area (Å²) in [4.78, 5) is 20.1. The van der Waals surface area contributed by atoms with Gasteiger partial charge < -0.3 is 5.73 Å². The molecule has 2 unspecified atom stereocenters. The third-order valence-corrected chi connectivity index (χ3v) is 2.70. The topological polar surface area (TPSA) is 112 Å². The molecule has 0 aliphatic rings. The van der Waals surface area contributed by atoms with Crippen molar-refractivity contribution in [2.24, 2.45) is 5.73 Å². The van der Waals surface area contributed by atoms with Crippen molar-refractivity contribution in [1.29, 1.82) is 0 Å². The van der Waals surface area contributed by atoms with Gasteiger partial charge in [0.1, 0.15) is 0 Å². The molecule has 0 radical (unpaired) electrons. The minimum absolute atomic E-state index is 0.240. The van der Waals surface area contributed by atoms with E-state index in [2.05, 4.69) is 0 Å². The van der Waals surface area contributed by atoms with E-state index in [9.17, 15) is 20.2 Å². The number of nitro benzene ring substituents is 2. The van der Waals surface area contributed by atoms with E-state index in [-0.39, 0.29) is 23.3 Å². The van der Waals surface area contributed by atoms with Crippen molar-refractivity contribution in [2.75, 3.05) is 0 Å². The third kappa shape index (κ3) is 2.76. The highest BCUT2D eigenvalue weighted by Gasteiger charge is 2.24. The standard InChI is InChI=1S/C10H13N3O4/c1-6(7(2)11)9-4-3-8(12(14)15)5-10(9)13(16)17/h3-7H,11H2,1-2H3. The van der Waals surface area contributed by atoms with E-state index in [0.717, 1.165) is 6.07 Å². The Bertz CT molecular complexity index is 459. The van der Waals surface area contributed by atoms with Gasteiger partial charge in [-0.1, -0.05) is 6.92 Å². The van der Waals surface area contributed by atoms with Crippen LogP contribution in [0.4, 0.5) is 11.4 Å². The summed E-state index contributed by atoms with van der Waals surface area (Å²) in [6.45, 7) is 3.48. The van der Waals surface area contributed by atoms with Crippen LogP contribution in [-0.4, -0.2) is 15.9 Å². The number of benzene rings is 1. The largest absolute Gasteiger partial charge is 0.327 e. The van der Waals surface area contributed by atoms with Gasteiger partial charge in [-0.05, 0) is 13.0 Å². The second-order valence-electron chi connectivity index (χ2n) is 3.91. The van der Waals surface area contributed by atoms with E-state index >= 15 is 0 Å². The smallest absolute Gasteiger partial charge is 0.279 e. The molecule has 2 atom stereocenters.